The van der Waals surface area contributed by atoms with E-state index in [1.165, 1.54) is 0 Å². The molecule has 1 aromatic heterocycles. The van der Waals surface area contributed by atoms with Gasteiger partial charge >= 0.3 is 6.18 Å². The lowest BCUT2D eigenvalue weighted by Crippen LogP contribution is -2.24. The lowest BCUT2D eigenvalue weighted by atomic mass is 10.0. The van der Waals surface area contributed by atoms with Gasteiger partial charge in [-0.05, 0) is 44.9 Å². The highest BCUT2D eigenvalue weighted by Gasteiger charge is 2.29. The van der Waals surface area contributed by atoms with Gasteiger partial charge in [0.2, 0.25) is 0 Å². The minimum absolute atomic E-state index is 0.112. The zero-order valence-electron chi connectivity index (χ0n) is 11.0. The summed E-state index contributed by atoms with van der Waals surface area (Å²) in [6, 6.07) is 1.82. The predicted molar refractivity (Wildman–Crippen MR) is 70.1 cm³/mol. The molecule has 5 heteroatoms. The molecule has 0 fully saturated rings. The van der Waals surface area contributed by atoms with E-state index in [0.29, 0.717) is 0 Å². The maximum Gasteiger partial charge on any atom is 0.389 e. The summed E-state index contributed by atoms with van der Waals surface area (Å²) in [4.78, 5) is 2.26. The van der Waals surface area contributed by atoms with E-state index in [1.54, 1.807) is 11.3 Å². The molecule has 0 spiro atoms. The molecule has 0 aliphatic carbocycles. The zero-order chi connectivity index (χ0) is 13.8. The van der Waals surface area contributed by atoms with Crippen LogP contribution < -0.4 is 5.32 Å². The van der Waals surface area contributed by atoms with E-state index in [-0.39, 0.29) is 12.5 Å². The van der Waals surface area contributed by atoms with Gasteiger partial charge in [0.1, 0.15) is 0 Å². The summed E-state index contributed by atoms with van der Waals surface area (Å²) in [5.41, 5.74) is 1.02. The van der Waals surface area contributed by atoms with Gasteiger partial charge in [-0.2, -0.15) is 13.2 Å². The summed E-state index contributed by atoms with van der Waals surface area (Å²) >= 11 is 1.64. The summed E-state index contributed by atoms with van der Waals surface area (Å²) in [5, 5.41) is 3.22. The van der Waals surface area contributed by atoms with Crippen molar-refractivity contribution in [2.24, 2.45) is 0 Å². The third-order valence-electron chi connectivity index (χ3n) is 2.81. The molecule has 1 rings (SSSR count). The van der Waals surface area contributed by atoms with Crippen molar-refractivity contribution in [3.63, 3.8) is 0 Å². The zero-order valence-corrected chi connectivity index (χ0v) is 11.8. The first-order valence-electron chi connectivity index (χ1n) is 6.20. The van der Waals surface area contributed by atoms with Crippen LogP contribution in [0.2, 0.25) is 0 Å². The highest BCUT2D eigenvalue weighted by molar-refractivity contribution is 7.12. The van der Waals surface area contributed by atoms with Crippen molar-refractivity contribution in [1.82, 2.24) is 5.32 Å². The molecule has 1 nitrogen and oxygen atoms in total. The maximum atomic E-state index is 12.3. The number of alkyl halides is 3. The van der Waals surface area contributed by atoms with Gasteiger partial charge in [-0.25, -0.2) is 0 Å². The van der Waals surface area contributed by atoms with Gasteiger partial charge in [0.05, 0.1) is 0 Å². The summed E-state index contributed by atoms with van der Waals surface area (Å²) in [6.45, 7) is 6.72. The molecule has 0 amide bonds. The molecule has 0 bridgehead atoms. The van der Waals surface area contributed by atoms with Crippen LogP contribution in [0.3, 0.4) is 0 Å². The van der Waals surface area contributed by atoms with Gasteiger partial charge in [0, 0.05) is 22.2 Å². The summed E-state index contributed by atoms with van der Waals surface area (Å²) in [5.74, 6) is 0. The maximum absolute atomic E-state index is 12.3. The Bertz CT molecular complexity index is 371. The van der Waals surface area contributed by atoms with Crippen molar-refractivity contribution in [3.8, 4) is 0 Å². The van der Waals surface area contributed by atoms with Crippen molar-refractivity contribution in [2.75, 3.05) is 6.54 Å². The number of aryl methyl sites for hydroxylation is 2. The van der Waals surface area contributed by atoms with Crippen LogP contribution in [-0.2, 0) is 0 Å². The minimum atomic E-state index is -4.08. The smallest absolute Gasteiger partial charge is 0.310 e. The summed E-state index contributed by atoms with van der Waals surface area (Å²) in [6.07, 6.45) is -3.78. The molecule has 1 N–H and O–H groups in total. The monoisotopic (exact) mass is 279 g/mol. The van der Waals surface area contributed by atoms with Crippen molar-refractivity contribution in [1.29, 1.82) is 0 Å². The van der Waals surface area contributed by atoms with Crippen LogP contribution in [0, 0.1) is 13.8 Å². The second kappa shape index (κ2) is 6.57. The predicted octanol–water partition coefficient (Wildman–Crippen LogP) is 4.75. The molecule has 0 radical (unpaired) electrons. The highest BCUT2D eigenvalue weighted by Crippen LogP contribution is 2.32. The third kappa shape index (κ3) is 4.98. The molecule has 0 aromatic carbocycles. The van der Waals surface area contributed by atoms with E-state index >= 15 is 0 Å². The first-order chi connectivity index (χ1) is 8.33. The SMILES string of the molecule is CCCNC(CCC(F)(F)F)c1cc(C)sc1C. The second-order valence-corrected chi connectivity index (χ2v) is 5.99. The van der Waals surface area contributed by atoms with Gasteiger partial charge in [0.25, 0.3) is 0 Å². The van der Waals surface area contributed by atoms with E-state index in [1.807, 2.05) is 26.8 Å². The van der Waals surface area contributed by atoms with E-state index in [2.05, 4.69) is 5.32 Å². The number of rotatable bonds is 6. The summed E-state index contributed by atoms with van der Waals surface area (Å²) < 4.78 is 37.0. The number of halogens is 3. The standard InChI is InChI=1S/C13H20F3NS/c1-4-7-17-12(5-6-13(14,15)16)11-8-9(2)18-10(11)3/h8,12,17H,4-7H2,1-3H3. The molecule has 0 saturated heterocycles. The van der Waals surface area contributed by atoms with Gasteiger partial charge < -0.3 is 5.32 Å². The molecule has 1 heterocycles. The Kier molecular flexibility index (Phi) is 5.66. The first-order valence-corrected chi connectivity index (χ1v) is 7.02. The fourth-order valence-electron chi connectivity index (χ4n) is 1.99. The molecule has 1 aromatic rings. The lowest BCUT2D eigenvalue weighted by molar-refractivity contribution is -0.136. The number of thiophene rings is 1. The number of hydrogen-bond acceptors (Lipinski definition) is 2. The lowest BCUT2D eigenvalue weighted by Gasteiger charge is -2.19. The molecule has 1 unspecified atom stereocenters. The average Bonchev–Trinajstić information content (AvgIpc) is 2.57. The molecule has 104 valence electrons. The van der Waals surface area contributed by atoms with E-state index in [0.717, 1.165) is 28.3 Å². The normalized spacial score (nSPS) is 13.9. The Balaban J connectivity index is 2.74. The highest BCUT2D eigenvalue weighted by atomic mass is 32.1. The van der Waals surface area contributed by atoms with Crippen LogP contribution in [0.15, 0.2) is 6.07 Å². The van der Waals surface area contributed by atoms with Gasteiger partial charge in [-0.15, -0.1) is 11.3 Å². The molecule has 0 aliphatic rings. The van der Waals surface area contributed by atoms with Crippen LogP contribution in [0.4, 0.5) is 13.2 Å². The number of nitrogens with one attached hydrogen (secondary N) is 1. The van der Waals surface area contributed by atoms with Crippen molar-refractivity contribution >= 4 is 11.3 Å². The molecule has 18 heavy (non-hydrogen) atoms. The van der Waals surface area contributed by atoms with E-state index in [9.17, 15) is 13.2 Å². The average molecular weight is 279 g/mol. The molecular formula is C13H20F3NS. The van der Waals surface area contributed by atoms with Gasteiger partial charge in [-0.1, -0.05) is 6.92 Å². The Labute approximate surface area is 110 Å². The fourth-order valence-corrected chi connectivity index (χ4v) is 2.98. The Morgan fingerprint density at radius 2 is 2.00 bits per heavy atom. The van der Waals surface area contributed by atoms with E-state index < -0.39 is 12.6 Å². The Morgan fingerprint density at radius 1 is 1.33 bits per heavy atom. The molecule has 1 atom stereocenters. The van der Waals surface area contributed by atoms with Crippen LogP contribution >= 0.6 is 11.3 Å². The van der Waals surface area contributed by atoms with Gasteiger partial charge in [-0.3, -0.25) is 0 Å². The van der Waals surface area contributed by atoms with Crippen LogP contribution in [0.1, 0.15) is 47.5 Å². The quantitative estimate of drug-likeness (QED) is 0.792. The topological polar surface area (TPSA) is 12.0 Å². The van der Waals surface area contributed by atoms with Crippen molar-refractivity contribution in [2.45, 2.75) is 52.3 Å². The molecule has 0 saturated carbocycles. The largest absolute Gasteiger partial charge is 0.389 e. The van der Waals surface area contributed by atoms with Crippen LogP contribution in [0.25, 0.3) is 0 Å². The Hall–Kier alpha value is -0.550. The van der Waals surface area contributed by atoms with Crippen molar-refractivity contribution < 1.29 is 13.2 Å². The van der Waals surface area contributed by atoms with Crippen LogP contribution in [-0.4, -0.2) is 12.7 Å². The van der Waals surface area contributed by atoms with E-state index in [4.69, 9.17) is 0 Å². The minimum Gasteiger partial charge on any atom is -0.310 e. The number of hydrogen-bond donors (Lipinski definition) is 1. The molecular weight excluding hydrogens is 259 g/mol. The fraction of sp³-hybridized carbons (Fsp3) is 0.692. The Morgan fingerprint density at radius 3 is 2.44 bits per heavy atom. The molecule has 0 aliphatic heterocycles. The van der Waals surface area contributed by atoms with Gasteiger partial charge in [0.15, 0.2) is 0 Å². The summed E-state index contributed by atoms with van der Waals surface area (Å²) in [7, 11) is 0. The second-order valence-electron chi connectivity index (χ2n) is 4.53. The first kappa shape index (κ1) is 15.5. The van der Waals surface area contributed by atoms with Crippen LogP contribution in [0.5, 0.6) is 0 Å². The van der Waals surface area contributed by atoms with Crippen molar-refractivity contribution in [3.05, 3.63) is 21.4 Å². The third-order valence-corrected chi connectivity index (χ3v) is 3.79.